The number of hydrogen-bond acceptors (Lipinski definition) is 4. The molecule has 2 N–H and O–H groups in total. The van der Waals surface area contributed by atoms with Crippen LogP contribution in [0.1, 0.15) is 25.5 Å². The van der Waals surface area contributed by atoms with Crippen molar-refractivity contribution in [2.75, 3.05) is 25.5 Å². The zero-order valence-corrected chi connectivity index (χ0v) is 11.3. The van der Waals surface area contributed by atoms with Crippen LogP contribution in [0.15, 0.2) is 18.3 Å². The Hall–Kier alpha value is -1.13. The van der Waals surface area contributed by atoms with Crippen LogP contribution >= 0.6 is 0 Å². The lowest BCUT2D eigenvalue weighted by atomic mass is 9.82. The number of rotatable bonds is 6. The van der Waals surface area contributed by atoms with Crippen LogP contribution in [-0.2, 0) is 6.54 Å². The number of anilines is 1. The van der Waals surface area contributed by atoms with E-state index in [0.717, 1.165) is 43.9 Å². The maximum atomic E-state index is 9.28. The smallest absolute Gasteiger partial charge is 0.0564 e. The van der Waals surface area contributed by atoms with Crippen molar-refractivity contribution in [1.82, 2.24) is 9.88 Å². The maximum Gasteiger partial charge on any atom is 0.0564 e. The van der Waals surface area contributed by atoms with Gasteiger partial charge in [-0.2, -0.15) is 0 Å². The fraction of sp³-hybridized carbons (Fsp3) is 0.643. The second-order valence-corrected chi connectivity index (χ2v) is 5.25. The van der Waals surface area contributed by atoms with Crippen LogP contribution < -0.4 is 5.32 Å². The molecule has 1 saturated carbocycles. The molecule has 0 aromatic carbocycles. The standard InChI is InChI=1S/C14H23N3O/c1-3-15-12-4-5-16-13(8-12)10-17(2)9-11-6-14(18)7-11/h4-5,8,11,14,18H,3,6-7,9-10H2,1-2H3,(H,15,16). The summed E-state index contributed by atoms with van der Waals surface area (Å²) in [5, 5.41) is 12.6. The summed E-state index contributed by atoms with van der Waals surface area (Å²) in [7, 11) is 2.12. The Kier molecular flexibility index (Phi) is 4.55. The average Bonchev–Trinajstić information content (AvgIpc) is 2.28. The molecule has 1 aliphatic carbocycles. The monoisotopic (exact) mass is 249 g/mol. The number of aromatic nitrogens is 1. The summed E-state index contributed by atoms with van der Waals surface area (Å²) in [4.78, 5) is 6.68. The van der Waals surface area contributed by atoms with Gasteiger partial charge in [-0.25, -0.2) is 0 Å². The molecule has 0 saturated heterocycles. The van der Waals surface area contributed by atoms with E-state index >= 15 is 0 Å². The highest BCUT2D eigenvalue weighted by Crippen LogP contribution is 2.27. The first-order valence-corrected chi connectivity index (χ1v) is 6.72. The van der Waals surface area contributed by atoms with E-state index in [9.17, 15) is 5.11 Å². The van der Waals surface area contributed by atoms with Gasteiger partial charge in [-0.1, -0.05) is 0 Å². The molecule has 0 amide bonds. The van der Waals surface area contributed by atoms with Gasteiger partial charge in [-0.05, 0) is 44.9 Å². The van der Waals surface area contributed by atoms with Gasteiger partial charge in [0, 0.05) is 31.5 Å². The zero-order valence-electron chi connectivity index (χ0n) is 11.3. The van der Waals surface area contributed by atoms with E-state index in [2.05, 4.69) is 35.2 Å². The van der Waals surface area contributed by atoms with Crippen molar-refractivity contribution in [3.63, 3.8) is 0 Å². The van der Waals surface area contributed by atoms with Crippen LogP contribution in [0.2, 0.25) is 0 Å². The van der Waals surface area contributed by atoms with Gasteiger partial charge >= 0.3 is 0 Å². The first-order chi connectivity index (χ1) is 8.67. The minimum Gasteiger partial charge on any atom is -0.393 e. The van der Waals surface area contributed by atoms with Gasteiger partial charge in [0.05, 0.1) is 11.8 Å². The van der Waals surface area contributed by atoms with Crippen LogP contribution in [0.4, 0.5) is 5.69 Å². The Morgan fingerprint density at radius 1 is 1.50 bits per heavy atom. The van der Waals surface area contributed by atoms with Crippen LogP contribution in [0.3, 0.4) is 0 Å². The molecule has 0 aliphatic heterocycles. The molecule has 1 aromatic heterocycles. The fourth-order valence-electron chi connectivity index (χ4n) is 2.51. The van der Waals surface area contributed by atoms with Crippen molar-refractivity contribution in [1.29, 1.82) is 0 Å². The molecule has 18 heavy (non-hydrogen) atoms. The summed E-state index contributed by atoms with van der Waals surface area (Å²) in [5.74, 6) is 0.655. The third kappa shape index (κ3) is 3.68. The number of hydrogen-bond donors (Lipinski definition) is 2. The van der Waals surface area contributed by atoms with Crippen LogP contribution in [-0.4, -0.2) is 41.2 Å². The molecule has 2 rings (SSSR count). The highest BCUT2D eigenvalue weighted by Gasteiger charge is 2.27. The van der Waals surface area contributed by atoms with Crippen molar-refractivity contribution in [2.24, 2.45) is 5.92 Å². The Morgan fingerprint density at radius 3 is 2.94 bits per heavy atom. The lowest BCUT2D eigenvalue weighted by molar-refractivity contribution is 0.0272. The Bertz CT molecular complexity index is 377. The SMILES string of the molecule is CCNc1ccnc(CN(C)CC2CC(O)C2)c1. The van der Waals surface area contributed by atoms with Crippen LogP contribution in [0, 0.1) is 5.92 Å². The van der Waals surface area contributed by atoms with E-state index in [-0.39, 0.29) is 6.10 Å². The molecule has 100 valence electrons. The lowest BCUT2D eigenvalue weighted by Gasteiger charge is -2.34. The molecule has 4 nitrogen and oxygen atoms in total. The number of nitrogens with one attached hydrogen (secondary N) is 1. The summed E-state index contributed by atoms with van der Waals surface area (Å²) in [6, 6.07) is 4.10. The molecule has 0 bridgehead atoms. The fourth-order valence-corrected chi connectivity index (χ4v) is 2.51. The van der Waals surface area contributed by atoms with Gasteiger partial charge < -0.3 is 15.3 Å². The minimum atomic E-state index is -0.0568. The molecule has 1 heterocycles. The van der Waals surface area contributed by atoms with Crippen molar-refractivity contribution >= 4 is 5.69 Å². The second kappa shape index (κ2) is 6.16. The molecule has 0 spiro atoms. The van der Waals surface area contributed by atoms with Crippen molar-refractivity contribution < 1.29 is 5.11 Å². The quantitative estimate of drug-likeness (QED) is 0.806. The first-order valence-electron chi connectivity index (χ1n) is 6.72. The predicted molar refractivity (Wildman–Crippen MR) is 73.5 cm³/mol. The molecule has 1 aliphatic rings. The lowest BCUT2D eigenvalue weighted by Crippen LogP contribution is -2.36. The molecule has 0 radical (unpaired) electrons. The van der Waals surface area contributed by atoms with E-state index in [4.69, 9.17) is 0 Å². The Labute approximate surface area is 109 Å². The van der Waals surface area contributed by atoms with Gasteiger partial charge in [0.1, 0.15) is 0 Å². The first kappa shape index (κ1) is 13.3. The normalized spacial score (nSPS) is 22.9. The van der Waals surface area contributed by atoms with E-state index in [1.807, 2.05) is 12.3 Å². The van der Waals surface area contributed by atoms with Crippen LogP contribution in [0.5, 0.6) is 0 Å². The van der Waals surface area contributed by atoms with E-state index < -0.39 is 0 Å². The maximum absolute atomic E-state index is 9.28. The summed E-state index contributed by atoms with van der Waals surface area (Å²) in [5.41, 5.74) is 2.23. The topological polar surface area (TPSA) is 48.4 Å². The average molecular weight is 249 g/mol. The number of aliphatic hydroxyl groups excluding tert-OH is 1. The molecular weight excluding hydrogens is 226 g/mol. The second-order valence-electron chi connectivity index (χ2n) is 5.25. The highest BCUT2D eigenvalue weighted by atomic mass is 16.3. The predicted octanol–water partition coefficient (Wildman–Crippen LogP) is 1.72. The van der Waals surface area contributed by atoms with Gasteiger partial charge in [-0.3, -0.25) is 4.98 Å². The summed E-state index contributed by atoms with van der Waals surface area (Å²) >= 11 is 0. The molecular formula is C14H23N3O. The van der Waals surface area contributed by atoms with E-state index in [1.54, 1.807) is 0 Å². The van der Waals surface area contributed by atoms with Gasteiger partial charge in [0.2, 0.25) is 0 Å². The molecule has 1 aromatic rings. The number of nitrogens with zero attached hydrogens (tertiary/aromatic N) is 2. The van der Waals surface area contributed by atoms with E-state index in [0.29, 0.717) is 5.92 Å². The third-order valence-corrected chi connectivity index (χ3v) is 3.41. The van der Waals surface area contributed by atoms with Crippen molar-refractivity contribution in [2.45, 2.75) is 32.4 Å². The summed E-state index contributed by atoms with van der Waals surface area (Å²) in [6.45, 7) is 4.93. The zero-order chi connectivity index (χ0) is 13.0. The van der Waals surface area contributed by atoms with Gasteiger partial charge in [0.25, 0.3) is 0 Å². The van der Waals surface area contributed by atoms with Crippen LogP contribution in [0.25, 0.3) is 0 Å². The highest BCUT2D eigenvalue weighted by molar-refractivity contribution is 5.42. The largest absolute Gasteiger partial charge is 0.393 e. The molecule has 4 heteroatoms. The van der Waals surface area contributed by atoms with E-state index in [1.165, 1.54) is 0 Å². The number of aliphatic hydroxyl groups is 1. The molecule has 1 fully saturated rings. The third-order valence-electron chi connectivity index (χ3n) is 3.41. The summed E-state index contributed by atoms with van der Waals surface area (Å²) < 4.78 is 0. The minimum absolute atomic E-state index is 0.0568. The molecule has 0 atom stereocenters. The van der Waals surface area contributed by atoms with Gasteiger partial charge in [0.15, 0.2) is 0 Å². The Balaban J connectivity index is 1.82. The van der Waals surface area contributed by atoms with Crippen molar-refractivity contribution in [3.8, 4) is 0 Å². The Morgan fingerprint density at radius 2 is 2.28 bits per heavy atom. The molecule has 0 unspecified atom stereocenters. The van der Waals surface area contributed by atoms with Gasteiger partial charge in [-0.15, -0.1) is 0 Å². The van der Waals surface area contributed by atoms with Crippen molar-refractivity contribution in [3.05, 3.63) is 24.0 Å². The summed E-state index contributed by atoms with van der Waals surface area (Å²) in [6.07, 6.45) is 3.71. The number of pyridine rings is 1.